The highest BCUT2D eigenvalue weighted by atomic mass is 35.5. The number of aryl methyl sites for hydroxylation is 2. The smallest absolute Gasteiger partial charge is 0.0722 e. The molecule has 0 atom stereocenters. The summed E-state index contributed by atoms with van der Waals surface area (Å²) in [6, 6.07) is 8.00. The first-order valence-corrected chi connectivity index (χ1v) is 4.58. The lowest BCUT2D eigenvalue weighted by Crippen LogP contribution is -1.84. The largest absolute Gasteiger partial charge is 0.253 e. The van der Waals surface area contributed by atoms with Gasteiger partial charge >= 0.3 is 0 Å². The van der Waals surface area contributed by atoms with Crippen LogP contribution in [0, 0.1) is 13.8 Å². The number of aromatic nitrogens is 1. The van der Waals surface area contributed by atoms with E-state index in [1.54, 1.807) is 0 Å². The Morgan fingerprint density at radius 1 is 1.15 bits per heavy atom. The van der Waals surface area contributed by atoms with Gasteiger partial charge in [-0.3, -0.25) is 4.98 Å². The number of benzene rings is 1. The third-order valence-electron chi connectivity index (χ3n) is 2.04. The number of halogens is 1. The van der Waals surface area contributed by atoms with Gasteiger partial charge in [-0.2, -0.15) is 0 Å². The molecule has 0 radical (unpaired) electrons. The molecular formula is C11H10ClN. The maximum atomic E-state index is 6.07. The molecule has 0 saturated heterocycles. The van der Waals surface area contributed by atoms with Gasteiger partial charge in [0, 0.05) is 11.1 Å². The van der Waals surface area contributed by atoms with Crippen LogP contribution in [0.15, 0.2) is 24.3 Å². The van der Waals surface area contributed by atoms with Gasteiger partial charge in [0.15, 0.2) is 0 Å². The molecule has 0 aliphatic carbocycles. The third-order valence-corrected chi connectivity index (χ3v) is 2.35. The molecule has 0 spiro atoms. The summed E-state index contributed by atoms with van der Waals surface area (Å²) < 4.78 is 0. The summed E-state index contributed by atoms with van der Waals surface area (Å²) in [6.07, 6.45) is 0. The first-order valence-electron chi connectivity index (χ1n) is 4.20. The monoisotopic (exact) mass is 191 g/mol. The SMILES string of the molecule is Cc1cc(Cl)c2ccc(C)nc2c1. The topological polar surface area (TPSA) is 12.9 Å². The quantitative estimate of drug-likeness (QED) is 0.621. The number of rotatable bonds is 0. The number of pyridine rings is 1. The minimum Gasteiger partial charge on any atom is -0.253 e. The zero-order valence-corrected chi connectivity index (χ0v) is 8.39. The molecule has 2 aromatic rings. The van der Waals surface area contributed by atoms with E-state index in [4.69, 9.17) is 11.6 Å². The normalized spacial score (nSPS) is 10.7. The molecule has 1 heterocycles. The van der Waals surface area contributed by atoms with Gasteiger partial charge < -0.3 is 0 Å². The molecule has 2 rings (SSSR count). The maximum Gasteiger partial charge on any atom is 0.0722 e. The fraction of sp³-hybridized carbons (Fsp3) is 0.182. The minimum atomic E-state index is 0.780. The van der Waals surface area contributed by atoms with Crippen molar-refractivity contribution in [3.8, 4) is 0 Å². The molecule has 0 unspecified atom stereocenters. The fourth-order valence-corrected chi connectivity index (χ4v) is 1.76. The van der Waals surface area contributed by atoms with Crippen molar-refractivity contribution in [2.75, 3.05) is 0 Å². The van der Waals surface area contributed by atoms with Crippen LogP contribution in [0.3, 0.4) is 0 Å². The highest BCUT2D eigenvalue weighted by Crippen LogP contribution is 2.23. The average Bonchev–Trinajstić information content (AvgIpc) is 2.02. The number of hydrogen-bond donors (Lipinski definition) is 0. The molecule has 0 amide bonds. The average molecular weight is 192 g/mol. The van der Waals surface area contributed by atoms with E-state index in [0.717, 1.165) is 27.2 Å². The van der Waals surface area contributed by atoms with Crippen molar-refractivity contribution in [1.82, 2.24) is 4.98 Å². The van der Waals surface area contributed by atoms with Crippen molar-refractivity contribution >= 4 is 22.5 Å². The summed E-state index contributed by atoms with van der Waals surface area (Å²) in [4.78, 5) is 4.41. The van der Waals surface area contributed by atoms with Crippen LogP contribution < -0.4 is 0 Å². The van der Waals surface area contributed by atoms with Crippen LogP contribution in [0.25, 0.3) is 10.9 Å². The predicted octanol–water partition coefficient (Wildman–Crippen LogP) is 3.51. The third kappa shape index (κ3) is 1.52. The number of nitrogens with zero attached hydrogens (tertiary/aromatic N) is 1. The molecule has 0 N–H and O–H groups in total. The molecular weight excluding hydrogens is 182 g/mol. The Hall–Kier alpha value is -1.08. The van der Waals surface area contributed by atoms with E-state index >= 15 is 0 Å². The predicted molar refractivity (Wildman–Crippen MR) is 56.2 cm³/mol. The zero-order valence-electron chi connectivity index (χ0n) is 7.63. The van der Waals surface area contributed by atoms with Crippen LogP contribution in [-0.4, -0.2) is 4.98 Å². The van der Waals surface area contributed by atoms with Gasteiger partial charge in [0.2, 0.25) is 0 Å². The summed E-state index contributed by atoms with van der Waals surface area (Å²) in [6.45, 7) is 4.00. The van der Waals surface area contributed by atoms with Crippen molar-refractivity contribution in [3.05, 3.63) is 40.5 Å². The lowest BCUT2D eigenvalue weighted by molar-refractivity contribution is 1.25. The molecule has 0 fully saturated rings. The van der Waals surface area contributed by atoms with Crippen LogP contribution in [-0.2, 0) is 0 Å². The Balaban J connectivity index is 2.86. The summed E-state index contributed by atoms with van der Waals surface area (Å²) in [5.41, 5.74) is 3.15. The molecule has 1 nitrogen and oxygen atoms in total. The van der Waals surface area contributed by atoms with Crippen LogP contribution in [0.5, 0.6) is 0 Å². The van der Waals surface area contributed by atoms with E-state index in [-0.39, 0.29) is 0 Å². The van der Waals surface area contributed by atoms with Crippen LogP contribution in [0.2, 0.25) is 5.02 Å². The van der Waals surface area contributed by atoms with E-state index in [0.29, 0.717) is 0 Å². The number of fused-ring (bicyclic) bond motifs is 1. The van der Waals surface area contributed by atoms with Gasteiger partial charge in [0.1, 0.15) is 0 Å². The summed E-state index contributed by atoms with van der Waals surface area (Å²) in [5, 5.41) is 1.81. The molecule has 0 bridgehead atoms. The molecule has 1 aromatic carbocycles. The van der Waals surface area contributed by atoms with Gasteiger partial charge in [-0.15, -0.1) is 0 Å². The van der Waals surface area contributed by atoms with E-state index < -0.39 is 0 Å². The molecule has 0 saturated carbocycles. The standard InChI is InChI=1S/C11H10ClN/c1-7-5-10(12)9-4-3-8(2)13-11(9)6-7/h3-6H,1-2H3. The second-order valence-corrected chi connectivity index (χ2v) is 3.67. The molecule has 13 heavy (non-hydrogen) atoms. The minimum absolute atomic E-state index is 0.780. The van der Waals surface area contributed by atoms with E-state index in [9.17, 15) is 0 Å². The van der Waals surface area contributed by atoms with Gasteiger partial charge in [-0.25, -0.2) is 0 Å². The Bertz CT molecular complexity index is 458. The first kappa shape index (κ1) is 8.52. The second-order valence-electron chi connectivity index (χ2n) is 3.27. The Morgan fingerprint density at radius 3 is 2.69 bits per heavy atom. The van der Waals surface area contributed by atoms with Gasteiger partial charge in [0.05, 0.1) is 10.5 Å². The molecule has 0 aliphatic rings. The van der Waals surface area contributed by atoms with Crippen molar-refractivity contribution in [2.24, 2.45) is 0 Å². The van der Waals surface area contributed by atoms with E-state index in [1.165, 1.54) is 0 Å². The summed E-state index contributed by atoms with van der Waals surface area (Å²) in [7, 11) is 0. The van der Waals surface area contributed by atoms with Crippen molar-refractivity contribution in [1.29, 1.82) is 0 Å². The van der Waals surface area contributed by atoms with E-state index in [1.807, 2.05) is 38.1 Å². The highest BCUT2D eigenvalue weighted by molar-refractivity contribution is 6.35. The zero-order chi connectivity index (χ0) is 9.42. The summed E-state index contributed by atoms with van der Waals surface area (Å²) >= 11 is 6.07. The van der Waals surface area contributed by atoms with Gasteiger partial charge in [-0.1, -0.05) is 11.6 Å². The lowest BCUT2D eigenvalue weighted by atomic mass is 10.1. The Kier molecular flexibility index (Phi) is 1.97. The summed E-state index contributed by atoms with van der Waals surface area (Å²) in [5.74, 6) is 0. The second kappa shape index (κ2) is 3.00. The van der Waals surface area contributed by atoms with Gasteiger partial charge in [-0.05, 0) is 43.7 Å². The van der Waals surface area contributed by atoms with Crippen molar-refractivity contribution < 1.29 is 0 Å². The van der Waals surface area contributed by atoms with Gasteiger partial charge in [0.25, 0.3) is 0 Å². The fourth-order valence-electron chi connectivity index (χ4n) is 1.42. The van der Waals surface area contributed by atoms with E-state index in [2.05, 4.69) is 4.98 Å². The van der Waals surface area contributed by atoms with Crippen molar-refractivity contribution in [3.63, 3.8) is 0 Å². The Labute approximate surface area is 82.4 Å². The highest BCUT2D eigenvalue weighted by Gasteiger charge is 2.00. The van der Waals surface area contributed by atoms with Crippen LogP contribution in [0.1, 0.15) is 11.3 Å². The lowest BCUT2D eigenvalue weighted by Gasteiger charge is -2.02. The Morgan fingerprint density at radius 2 is 1.92 bits per heavy atom. The first-order chi connectivity index (χ1) is 6.16. The molecule has 1 aromatic heterocycles. The molecule has 2 heteroatoms. The van der Waals surface area contributed by atoms with Crippen molar-refractivity contribution in [2.45, 2.75) is 13.8 Å². The molecule has 0 aliphatic heterocycles. The molecule has 66 valence electrons. The number of hydrogen-bond acceptors (Lipinski definition) is 1. The van der Waals surface area contributed by atoms with Crippen LogP contribution in [0.4, 0.5) is 0 Å². The maximum absolute atomic E-state index is 6.07. The van der Waals surface area contributed by atoms with Crippen LogP contribution >= 0.6 is 11.6 Å².